The summed E-state index contributed by atoms with van der Waals surface area (Å²) >= 11 is 5.54. The number of carbonyl (C=O) groups excluding carboxylic acids is 1. The third kappa shape index (κ3) is 2.97. The van der Waals surface area contributed by atoms with Crippen molar-refractivity contribution in [3.05, 3.63) is 40.9 Å². The highest BCUT2D eigenvalue weighted by Crippen LogP contribution is 2.41. The highest BCUT2D eigenvalue weighted by Gasteiger charge is 2.13. The zero-order valence-corrected chi connectivity index (χ0v) is 14.2. The third-order valence-corrected chi connectivity index (χ3v) is 4.80. The fourth-order valence-corrected chi connectivity index (χ4v) is 3.32. The average molecular weight is 343 g/mol. The van der Waals surface area contributed by atoms with Crippen LogP contribution in [0.3, 0.4) is 0 Å². The second-order valence-corrected chi connectivity index (χ2v) is 6.44. The van der Waals surface area contributed by atoms with E-state index < -0.39 is 0 Å². The number of aromatic hydroxyl groups is 1. The summed E-state index contributed by atoms with van der Waals surface area (Å²) in [6.07, 6.45) is 0. The van der Waals surface area contributed by atoms with Gasteiger partial charge in [-0.1, -0.05) is 35.6 Å². The summed E-state index contributed by atoms with van der Waals surface area (Å²) in [5.41, 5.74) is 0.912. The molecule has 0 saturated carbocycles. The summed E-state index contributed by atoms with van der Waals surface area (Å²) in [6.45, 7) is 3.24. The number of benzene rings is 2. The molecule has 0 aliphatic carbocycles. The molecule has 0 atom stereocenters. The number of hydrogen-bond acceptors (Lipinski definition) is 7. The molecule has 1 heterocycles. The highest BCUT2D eigenvalue weighted by atomic mass is 32.1. The highest BCUT2D eigenvalue weighted by molar-refractivity contribution is 7.80. The van der Waals surface area contributed by atoms with Crippen LogP contribution >= 0.6 is 24.0 Å². The minimum Gasteiger partial charge on any atom is -0.505 e. The summed E-state index contributed by atoms with van der Waals surface area (Å²) in [5.74, 6) is -0.0261. The van der Waals surface area contributed by atoms with Crippen LogP contribution in [0, 0.1) is 6.92 Å². The Balaban J connectivity index is 2.04. The van der Waals surface area contributed by atoms with Crippen LogP contribution in [0.25, 0.3) is 10.8 Å². The van der Waals surface area contributed by atoms with Gasteiger partial charge in [0.2, 0.25) is 5.13 Å². The molecule has 7 heteroatoms. The molecule has 116 valence electrons. The van der Waals surface area contributed by atoms with Gasteiger partial charge in [-0.3, -0.25) is 4.79 Å². The van der Waals surface area contributed by atoms with Crippen molar-refractivity contribution in [2.24, 2.45) is 10.2 Å². The van der Waals surface area contributed by atoms with Crippen molar-refractivity contribution in [1.29, 1.82) is 0 Å². The summed E-state index contributed by atoms with van der Waals surface area (Å²) in [6, 6.07) is 9.24. The molecular formula is C16H13N3O2S2. The molecular weight excluding hydrogens is 330 g/mol. The first-order valence-corrected chi connectivity index (χ1v) is 8.07. The molecule has 23 heavy (non-hydrogen) atoms. The Morgan fingerprint density at radius 2 is 2.04 bits per heavy atom. The van der Waals surface area contributed by atoms with Crippen LogP contribution < -0.4 is 0 Å². The van der Waals surface area contributed by atoms with Gasteiger partial charge in [-0.15, -0.1) is 22.9 Å². The van der Waals surface area contributed by atoms with Gasteiger partial charge in [0.15, 0.2) is 11.5 Å². The lowest BCUT2D eigenvalue weighted by Crippen LogP contribution is -1.89. The molecule has 3 aromatic rings. The standard InChI is InChI=1S/C16H13N3O2S2/c1-8-15(9(2)20)23-16(17-8)19-18-13-12(22)7-10-5-3-4-6-11(10)14(13)21/h3-7,21-22H,1-2H3. The number of aryl methyl sites for hydroxylation is 1. The van der Waals surface area contributed by atoms with E-state index in [1.807, 2.05) is 24.3 Å². The van der Waals surface area contributed by atoms with Crippen LogP contribution in [-0.4, -0.2) is 15.9 Å². The summed E-state index contributed by atoms with van der Waals surface area (Å²) < 4.78 is 0. The molecule has 5 nitrogen and oxygen atoms in total. The van der Waals surface area contributed by atoms with Gasteiger partial charge < -0.3 is 5.11 Å². The number of azo groups is 1. The van der Waals surface area contributed by atoms with E-state index >= 15 is 0 Å². The number of phenolic OH excluding ortho intramolecular Hbond substituents is 1. The second kappa shape index (κ2) is 6.10. The van der Waals surface area contributed by atoms with Crippen LogP contribution in [0.1, 0.15) is 22.3 Å². The van der Waals surface area contributed by atoms with Gasteiger partial charge >= 0.3 is 0 Å². The minimum absolute atomic E-state index is 0.0249. The van der Waals surface area contributed by atoms with E-state index in [0.717, 1.165) is 5.39 Å². The molecule has 0 radical (unpaired) electrons. The third-order valence-electron chi connectivity index (χ3n) is 3.32. The zero-order valence-electron chi connectivity index (χ0n) is 12.4. The maximum Gasteiger partial charge on any atom is 0.230 e. The lowest BCUT2D eigenvalue weighted by molar-refractivity contribution is 0.102. The van der Waals surface area contributed by atoms with E-state index in [1.54, 1.807) is 13.0 Å². The SMILES string of the molecule is CC(=O)c1sc(N=Nc2c(S)cc3ccccc3c2O)nc1C. The van der Waals surface area contributed by atoms with Crippen molar-refractivity contribution >= 4 is 51.3 Å². The number of thiazole rings is 1. The van der Waals surface area contributed by atoms with Crippen LogP contribution in [0.5, 0.6) is 5.75 Å². The number of thiol groups is 1. The molecule has 0 aliphatic rings. The van der Waals surface area contributed by atoms with Crippen LogP contribution in [0.15, 0.2) is 45.5 Å². The van der Waals surface area contributed by atoms with E-state index in [9.17, 15) is 9.90 Å². The predicted molar refractivity (Wildman–Crippen MR) is 93.9 cm³/mol. The van der Waals surface area contributed by atoms with Gasteiger partial charge in [0.25, 0.3) is 0 Å². The van der Waals surface area contributed by atoms with Crippen LogP contribution in [0.4, 0.5) is 10.8 Å². The normalized spacial score (nSPS) is 11.4. The average Bonchev–Trinajstić information content (AvgIpc) is 2.88. The molecule has 0 amide bonds. The van der Waals surface area contributed by atoms with Gasteiger partial charge in [0.05, 0.1) is 10.6 Å². The molecule has 0 spiro atoms. The quantitative estimate of drug-likeness (QED) is 0.389. The number of aromatic nitrogens is 1. The molecule has 1 aromatic heterocycles. The van der Waals surface area contributed by atoms with E-state index in [0.29, 0.717) is 26.0 Å². The Bertz CT molecular complexity index is 948. The first-order chi connectivity index (χ1) is 11.0. The van der Waals surface area contributed by atoms with E-state index in [-0.39, 0.29) is 17.2 Å². The number of Topliss-reactive ketones (excluding diaryl/α,β-unsaturated/α-hetero) is 1. The first kappa shape index (κ1) is 15.6. The van der Waals surface area contributed by atoms with Gasteiger partial charge in [0.1, 0.15) is 5.69 Å². The lowest BCUT2D eigenvalue weighted by Gasteiger charge is -2.06. The van der Waals surface area contributed by atoms with Crippen molar-refractivity contribution in [3.63, 3.8) is 0 Å². The van der Waals surface area contributed by atoms with Crippen molar-refractivity contribution in [2.75, 3.05) is 0 Å². The van der Waals surface area contributed by atoms with Crippen molar-refractivity contribution in [2.45, 2.75) is 18.7 Å². The minimum atomic E-state index is -0.0510. The Morgan fingerprint density at radius 3 is 2.74 bits per heavy atom. The Hall–Kier alpha value is -2.25. The van der Waals surface area contributed by atoms with Crippen LogP contribution in [0.2, 0.25) is 0 Å². The lowest BCUT2D eigenvalue weighted by atomic mass is 10.1. The topological polar surface area (TPSA) is 74.9 Å². The number of phenols is 1. The smallest absolute Gasteiger partial charge is 0.230 e. The predicted octanol–water partition coefficient (Wildman–Crippen LogP) is 5.22. The number of fused-ring (bicyclic) bond motifs is 1. The Kier molecular flexibility index (Phi) is 4.14. The van der Waals surface area contributed by atoms with E-state index in [1.165, 1.54) is 18.3 Å². The summed E-state index contributed by atoms with van der Waals surface area (Å²) in [4.78, 5) is 16.7. The number of nitrogens with zero attached hydrogens (tertiary/aromatic N) is 3. The van der Waals surface area contributed by atoms with Gasteiger partial charge in [-0.05, 0) is 18.4 Å². The molecule has 0 unspecified atom stereocenters. The van der Waals surface area contributed by atoms with Gasteiger partial charge in [-0.2, -0.15) is 0 Å². The molecule has 0 aliphatic heterocycles. The molecule has 3 rings (SSSR count). The maximum absolute atomic E-state index is 11.5. The maximum atomic E-state index is 11.5. The van der Waals surface area contributed by atoms with Gasteiger partial charge in [-0.25, -0.2) is 4.98 Å². The Morgan fingerprint density at radius 1 is 1.30 bits per heavy atom. The fraction of sp³-hybridized carbons (Fsp3) is 0.125. The number of hydrogen-bond donors (Lipinski definition) is 2. The number of rotatable bonds is 3. The second-order valence-electron chi connectivity index (χ2n) is 4.98. The van der Waals surface area contributed by atoms with Crippen molar-refractivity contribution in [3.8, 4) is 5.75 Å². The fourth-order valence-electron chi connectivity index (χ4n) is 2.25. The summed E-state index contributed by atoms with van der Waals surface area (Å²) in [5, 5.41) is 20.4. The van der Waals surface area contributed by atoms with E-state index in [4.69, 9.17) is 0 Å². The van der Waals surface area contributed by atoms with Gasteiger partial charge in [0, 0.05) is 17.2 Å². The van der Waals surface area contributed by atoms with Crippen molar-refractivity contribution < 1.29 is 9.90 Å². The molecule has 0 fully saturated rings. The van der Waals surface area contributed by atoms with Crippen LogP contribution in [-0.2, 0) is 0 Å². The molecule has 0 saturated heterocycles. The van der Waals surface area contributed by atoms with Crippen molar-refractivity contribution in [1.82, 2.24) is 4.98 Å². The monoisotopic (exact) mass is 343 g/mol. The number of carbonyl (C=O) groups is 1. The summed E-state index contributed by atoms with van der Waals surface area (Å²) in [7, 11) is 0. The zero-order chi connectivity index (χ0) is 16.6. The first-order valence-electron chi connectivity index (χ1n) is 6.81. The molecule has 1 N–H and O–H groups in total. The molecule has 2 aromatic carbocycles. The number of ketones is 1. The largest absolute Gasteiger partial charge is 0.505 e. The molecule has 0 bridgehead atoms. The Labute approximate surface area is 142 Å². The van der Waals surface area contributed by atoms with E-state index in [2.05, 4.69) is 27.8 Å².